The maximum atomic E-state index is 12.3. The van der Waals surface area contributed by atoms with E-state index in [1.807, 2.05) is 13.8 Å². The molecule has 0 bridgehead atoms. The summed E-state index contributed by atoms with van der Waals surface area (Å²) in [5.41, 5.74) is -0.920. The number of hydrogen-bond donors (Lipinski definition) is 1. The normalized spacial score (nSPS) is 17.2. The lowest BCUT2D eigenvalue weighted by Gasteiger charge is -2.34. The van der Waals surface area contributed by atoms with E-state index in [2.05, 4.69) is 0 Å². The fraction of sp³-hybridized carbons (Fsp3) is 0.857. The molecule has 5 heteroatoms. The summed E-state index contributed by atoms with van der Waals surface area (Å²) in [7, 11) is 1.77. The van der Waals surface area contributed by atoms with Gasteiger partial charge in [-0.3, -0.25) is 9.59 Å². The largest absolute Gasteiger partial charge is 0.481 e. The third kappa shape index (κ3) is 3.69. The number of aliphatic carboxylic acids is 1. The van der Waals surface area contributed by atoms with Gasteiger partial charge >= 0.3 is 5.97 Å². The van der Waals surface area contributed by atoms with Gasteiger partial charge in [0.25, 0.3) is 0 Å². The number of carboxylic acids is 1. The van der Waals surface area contributed by atoms with E-state index in [0.29, 0.717) is 26.1 Å². The second-order valence-electron chi connectivity index (χ2n) is 5.32. The van der Waals surface area contributed by atoms with Gasteiger partial charge < -0.3 is 14.7 Å². The van der Waals surface area contributed by atoms with E-state index < -0.39 is 11.4 Å². The standard InChI is InChI=1S/C14H25NO4/c1-4-14(5-2,13(17)18)10-12(16)15(3)11-6-8-19-9-7-11/h11H,4-10H2,1-3H3,(H,17,18). The van der Waals surface area contributed by atoms with Crippen molar-refractivity contribution >= 4 is 11.9 Å². The lowest BCUT2D eigenvalue weighted by Crippen LogP contribution is -2.44. The first-order valence-corrected chi connectivity index (χ1v) is 7.03. The van der Waals surface area contributed by atoms with Crippen LogP contribution in [-0.2, 0) is 14.3 Å². The Morgan fingerprint density at radius 3 is 2.21 bits per heavy atom. The minimum absolute atomic E-state index is 0.0713. The van der Waals surface area contributed by atoms with Crippen LogP contribution in [0.1, 0.15) is 46.0 Å². The number of rotatable bonds is 6. The molecule has 19 heavy (non-hydrogen) atoms. The van der Waals surface area contributed by atoms with Crippen LogP contribution in [0.25, 0.3) is 0 Å². The summed E-state index contributed by atoms with van der Waals surface area (Å²) in [6, 6.07) is 0.182. The van der Waals surface area contributed by atoms with E-state index in [0.717, 1.165) is 12.8 Å². The maximum absolute atomic E-state index is 12.3. The van der Waals surface area contributed by atoms with Crippen molar-refractivity contribution in [1.29, 1.82) is 0 Å². The van der Waals surface area contributed by atoms with E-state index in [1.165, 1.54) is 0 Å². The Morgan fingerprint density at radius 1 is 1.26 bits per heavy atom. The van der Waals surface area contributed by atoms with Gasteiger partial charge in [0.05, 0.1) is 5.41 Å². The highest BCUT2D eigenvalue weighted by Crippen LogP contribution is 2.32. The molecule has 0 unspecified atom stereocenters. The monoisotopic (exact) mass is 271 g/mol. The molecular formula is C14H25NO4. The van der Waals surface area contributed by atoms with Crippen molar-refractivity contribution in [2.75, 3.05) is 20.3 Å². The molecule has 0 saturated carbocycles. The number of carboxylic acid groups (broad SMARTS) is 1. The second kappa shape index (κ2) is 6.89. The minimum atomic E-state index is -0.920. The Kier molecular flexibility index (Phi) is 5.79. The van der Waals surface area contributed by atoms with Crippen LogP contribution in [0.2, 0.25) is 0 Å². The lowest BCUT2D eigenvalue weighted by molar-refractivity contribution is -0.155. The summed E-state index contributed by atoms with van der Waals surface area (Å²) in [6.07, 6.45) is 2.71. The van der Waals surface area contributed by atoms with Gasteiger partial charge in [-0.1, -0.05) is 13.8 Å². The summed E-state index contributed by atoms with van der Waals surface area (Å²) >= 11 is 0. The fourth-order valence-electron chi connectivity index (χ4n) is 2.57. The Hall–Kier alpha value is -1.10. The second-order valence-corrected chi connectivity index (χ2v) is 5.32. The number of nitrogens with zero attached hydrogens (tertiary/aromatic N) is 1. The van der Waals surface area contributed by atoms with Gasteiger partial charge in [0.15, 0.2) is 0 Å². The Balaban J connectivity index is 2.68. The topological polar surface area (TPSA) is 66.8 Å². The van der Waals surface area contributed by atoms with Crippen molar-refractivity contribution in [2.24, 2.45) is 5.41 Å². The van der Waals surface area contributed by atoms with Crippen LogP contribution < -0.4 is 0 Å². The molecule has 0 aliphatic carbocycles. The van der Waals surface area contributed by atoms with Crippen LogP contribution >= 0.6 is 0 Å². The van der Waals surface area contributed by atoms with Crippen molar-refractivity contribution in [3.63, 3.8) is 0 Å². The molecule has 1 rings (SSSR count). The van der Waals surface area contributed by atoms with Crippen LogP contribution in [-0.4, -0.2) is 48.2 Å². The molecule has 1 heterocycles. The van der Waals surface area contributed by atoms with E-state index >= 15 is 0 Å². The molecular weight excluding hydrogens is 246 g/mol. The SMILES string of the molecule is CCC(CC)(CC(=O)N(C)C1CCOCC1)C(=O)O. The summed E-state index contributed by atoms with van der Waals surface area (Å²) in [4.78, 5) is 25.4. The first kappa shape index (κ1) is 16.0. The molecule has 1 amide bonds. The molecule has 1 aliphatic rings. The van der Waals surface area contributed by atoms with Crippen molar-refractivity contribution < 1.29 is 19.4 Å². The molecule has 0 aromatic carbocycles. The summed E-state index contributed by atoms with van der Waals surface area (Å²) in [5, 5.41) is 9.37. The van der Waals surface area contributed by atoms with Crippen LogP contribution in [0.15, 0.2) is 0 Å². The molecule has 0 spiro atoms. The Bertz CT molecular complexity index is 319. The molecule has 1 fully saturated rings. The number of carbonyl (C=O) groups is 2. The zero-order valence-electron chi connectivity index (χ0n) is 12.1. The highest BCUT2D eigenvalue weighted by Gasteiger charge is 2.38. The Morgan fingerprint density at radius 2 is 1.79 bits per heavy atom. The maximum Gasteiger partial charge on any atom is 0.310 e. The summed E-state index contributed by atoms with van der Waals surface area (Å²) in [6.45, 7) is 5.01. The molecule has 5 nitrogen and oxygen atoms in total. The summed E-state index contributed by atoms with van der Waals surface area (Å²) in [5.74, 6) is -0.941. The van der Waals surface area contributed by atoms with E-state index in [4.69, 9.17) is 4.74 Å². The van der Waals surface area contributed by atoms with Crippen molar-refractivity contribution in [3.05, 3.63) is 0 Å². The molecule has 0 radical (unpaired) electrons. The zero-order valence-corrected chi connectivity index (χ0v) is 12.1. The van der Waals surface area contributed by atoms with Crippen molar-refractivity contribution in [1.82, 2.24) is 4.90 Å². The number of carbonyl (C=O) groups excluding carboxylic acids is 1. The highest BCUT2D eigenvalue weighted by atomic mass is 16.5. The fourth-order valence-corrected chi connectivity index (χ4v) is 2.57. The lowest BCUT2D eigenvalue weighted by atomic mass is 9.79. The smallest absolute Gasteiger partial charge is 0.310 e. The summed E-state index contributed by atoms with van der Waals surface area (Å²) < 4.78 is 5.28. The molecule has 1 saturated heterocycles. The highest BCUT2D eigenvalue weighted by molar-refractivity contribution is 5.85. The van der Waals surface area contributed by atoms with Gasteiger partial charge in [0.1, 0.15) is 0 Å². The van der Waals surface area contributed by atoms with Crippen LogP contribution in [0.5, 0.6) is 0 Å². The number of ether oxygens (including phenoxy) is 1. The van der Waals surface area contributed by atoms with Gasteiger partial charge in [-0.25, -0.2) is 0 Å². The molecule has 0 aromatic rings. The van der Waals surface area contributed by atoms with Gasteiger partial charge in [-0.05, 0) is 25.7 Å². The average Bonchev–Trinajstić information content (AvgIpc) is 2.44. The molecule has 0 aromatic heterocycles. The van der Waals surface area contributed by atoms with Gasteiger partial charge in [0, 0.05) is 32.7 Å². The molecule has 1 aliphatic heterocycles. The van der Waals surface area contributed by atoms with Crippen LogP contribution in [0, 0.1) is 5.41 Å². The third-order valence-electron chi connectivity index (χ3n) is 4.43. The predicted molar refractivity (Wildman–Crippen MR) is 71.9 cm³/mol. The molecule has 110 valence electrons. The van der Waals surface area contributed by atoms with Crippen molar-refractivity contribution in [2.45, 2.75) is 52.0 Å². The molecule has 0 atom stereocenters. The van der Waals surface area contributed by atoms with Crippen molar-refractivity contribution in [3.8, 4) is 0 Å². The van der Waals surface area contributed by atoms with Gasteiger partial charge in [-0.15, -0.1) is 0 Å². The van der Waals surface area contributed by atoms with E-state index in [1.54, 1.807) is 11.9 Å². The van der Waals surface area contributed by atoms with Crippen LogP contribution in [0.4, 0.5) is 0 Å². The molecule has 1 N–H and O–H groups in total. The zero-order chi connectivity index (χ0) is 14.5. The number of hydrogen-bond acceptors (Lipinski definition) is 3. The minimum Gasteiger partial charge on any atom is -0.481 e. The van der Waals surface area contributed by atoms with Gasteiger partial charge in [-0.2, -0.15) is 0 Å². The first-order chi connectivity index (χ1) is 8.96. The van der Waals surface area contributed by atoms with E-state index in [9.17, 15) is 14.7 Å². The number of amides is 1. The van der Waals surface area contributed by atoms with Crippen LogP contribution in [0.3, 0.4) is 0 Å². The quantitative estimate of drug-likeness (QED) is 0.801. The predicted octanol–water partition coefficient (Wildman–Crippen LogP) is 1.90. The average molecular weight is 271 g/mol. The van der Waals surface area contributed by atoms with E-state index in [-0.39, 0.29) is 18.4 Å². The third-order valence-corrected chi connectivity index (χ3v) is 4.43. The first-order valence-electron chi connectivity index (χ1n) is 7.03. The van der Waals surface area contributed by atoms with Gasteiger partial charge in [0.2, 0.25) is 5.91 Å². The Labute approximate surface area is 114 Å².